The molecule has 0 bridgehead atoms. The summed E-state index contributed by atoms with van der Waals surface area (Å²) in [7, 11) is 0. The van der Waals surface area contributed by atoms with Gasteiger partial charge in [-0.15, -0.1) is 0 Å². The van der Waals surface area contributed by atoms with Crippen LogP contribution in [0, 0.1) is 0 Å². The quantitative estimate of drug-likeness (QED) is 0.791. The van der Waals surface area contributed by atoms with Crippen LogP contribution in [0.3, 0.4) is 0 Å². The third kappa shape index (κ3) is 2.06. The molecular weight excluding hydrogens is 292 g/mol. The number of ketones is 1. The number of rotatable bonds is 1. The lowest BCUT2D eigenvalue weighted by atomic mass is 9.96. The fraction of sp³-hybridized carbons (Fsp3) is 0.133. The van der Waals surface area contributed by atoms with Gasteiger partial charge in [0.15, 0.2) is 5.78 Å². The SMILES string of the molecule is O=C1CC(c2ccccc2)Oc2cc(Br)ccc21. The maximum absolute atomic E-state index is 12.1. The lowest BCUT2D eigenvalue weighted by Gasteiger charge is -2.25. The molecule has 3 rings (SSSR count). The second-order valence-electron chi connectivity index (χ2n) is 4.28. The van der Waals surface area contributed by atoms with Crippen LogP contribution < -0.4 is 4.74 Å². The summed E-state index contributed by atoms with van der Waals surface area (Å²) in [5.74, 6) is 0.798. The summed E-state index contributed by atoms with van der Waals surface area (Å²) in [6.45, 7) is 0. The number of fused-ring (bicyclic) bond motifs is 1. The fourth-order valence-electron chi connectivity index (χ4n) is 2.15. The van der Waals surface area contributed by atoms with Crippen molar-refractivity contribution in [2.45, 2.75) is 12.5 Å². The van der Waals surface area contributed by atoms with Crippen molar-refractivity contribution in [2.75, 3.05) is 0 Å². The molecule has 0 saturated carbocycles. The Kier molecular flexibility index (Phi) is 2.92. The van der Waals surface area contributed by atoms with Crippen LogP contribution >= 0.6 is 15.9 Å². The first-order valence-electron chi connectivity index (χ1n) is 5.78. The van der Waals surface area contributed by atoms with Crippen molar-refractivity contribution in [1.29, 1.82) is 0 Å². The molecule has 0 amide bonds. The fourth-order valence-corrected chi connectivity index (χ4v) is 2.49. The van der Waals surface area contributed by atoms with Gasteiger partial charge in [0.25, 0.3) is 0 Å². The van der Waals surface area contributed by atoms with Gasteiger partial charge in [0, 0.05) is 4.47 Å². The predicted octanol–water partition coefficient (Wildman–Crippen LogP) is 4.16. The molecule has 1 atom stereocenters. The summed E-state index contributed by atoms with van der Waals surface area (Å²) in [6.07, 6.45) is 0.221. The number of hydrogen-bond acceptors (Lipinski definition) is 2. The molecule has 1 unspecified atom stereocenters. The van der Waals surface area contributed by atoms with Crippen LogP contribution in [-0.2, 0) is 0 Å². The van der Waals surface area contributed by atoms with E-state index in [2.05, 4.69) is 15.9 Å². The summed E-state index contributed by atoms with van der Waals surface area (Å²) in [5, 5.41) is 0. The molecule has 2 aromatic carbocycles. The lowest BCUT2D eigenvalue weighted by molar-refractivity contribution is 0.0850. The molecule has 0 N–H and O–H groups in total. The first-order valence-corrected chi connectivity index (χ1v) is 6.58. The summed E-state index contributed by atoms with van der Waals surface area (Å²) >= 11 is 3.40. The van der Waals surface area contributed by atoms with E-state index in [1.807, 2.05) is 48.5 Å². The largest absolute Gasteiger partial charge is 0.484 e. The Hall–Kier alpha value is -1.61. The van der Waals surface area contributed by atoms with Crippen LogP contribution in [-0.4, -0.2) is 5.78 Å². The molecule has 90 valence electrons. The second-order valence-corrected chi connectivity index (χ2v) is 5.20. The monoisotopic (exact) mass is 302 g/mol. The zero-order chi connectivity index (χ0) is 12.5. The highest BCUT2D eigenvalue weighted by molar-refractivity contribution is 9.10. The van der Waals surface area contributed by atoms with Gasteiger partial charge in [-0.3, -0.25) is 4.79 Å². The van der Waals surface area contributed by atoms with Crippen LogP contribution in [0.15, 0.2) is 53.0 Å². The normalized spacial score (nSPS) is 18.1. The number of ether oxygens (including phenoxy) is 1. The molecule has 1 aliphatic rings. The molecule has 0 aliphatic carbocycles. The first kappa shape index (κ1) is 11.5. The van der Waals surface area contributed by atoms with Crippen LogP contribution in [0.1, 0.15) is 28.4 Å². The highest BCUT2D eigenvalue weighted by Gasteiger charge is 2.27. The molecule has 0 saturated heterocycles. The van der Waals surface area contributed by atoms with Gasteiger partial charge >= 0.3 is 0 Å². The number of carbonyl (C=O) groups is 1. The smallest absolute Gasteiger partial charge is 0.170 e. The third-order valence-corrected chi connectivity index (χ3v) is 3.55. The summed E-state index contributed by atoms with van der Waals surface area (Å²) < 4.78 is 6.84. The molecule has 18 heavy (non-hydrogen) atoms. The van der Waals surface area contributed by atoms with E-state index in [1.165, 1.54) is 0 Å². The van der Waals surface area contributed by atoms with Gasteiger partial charge in [0.05, 0.1) is 12.0 Å². The Morgan fingerprint density at radius 3 is 2.67 bits per heavy atom. The van der Waals surface area contributed by atoms with E-state index in [0.29, 0.717) is 17.7 Å². The molecular formula is C15H11BrO2. The van der Waals surface area contributed by atoms with E-state index < -0.39 is 0 Å². The van der Waals surface area contributed by atoms with E-state index in [-0.39, 0.29) is 11.9 Å². The molecule has 0 fully saturated rings. The van der Waals surface area contributed by atoms with Crippen molar-refractivity contribution >= 4 is 21.7 Å². The summed E-state index contributed by atoms with van der Waals surface area (Å²) in [4.78, 5) is 12.1. The first-order chi connectivity index (χ1) is 8.74. The van der Waals surface area contributed by atoms with E-state index in [9.17, 15) is 4.79 Å². The Balaban J connectivity index is 1.98. The topological polar surface area (TPSA) is 26.3 Å². The van der Waals surface area contributed by atoms with E-state index in [1.54, 1.807) is 0 Å². The highest BCUT2D eigenvalue weighted by Crippen LogP contribution is 2.36. The van der Waals surface area contributed by atoms with Crippen LogP contribution in [0.4, 0.5) is 0 Å². The average molecular weight is 303 g/mol. The van der Waals surface area contributed by atoms with Crippen molar-refractivity contribution in [1.82, 2.24) is 0 Å². The molecule has 0 radical (unpaired) electrons. The van der Waals surface area contributed by atoms with Gasteiger partial charge in [0.1, 0.15) is 11.9 Å². The number of carbonyl (C=O) groups excluding carboxylic acids is 1. The number of Topliss-reactive ketones (excluding diaryl/α,β-unsaturated/α-hetero) is 1. The molecule has 2 aromatic rings. The Bertz CT molecular complexity index is 593. The van der Waals surface area contributed by atoms with Gasteiger partial charge in [-0.2, -0.15) is 0 Å². The van der Waals surface area contributed by atoms with Gasteiger partial charge in [-0.05, 0) is 23.8 Å². The second kappa shape index (κ2) is 4.58. The zero-order valence-electron chi connectivity index (χ0n) is 9.60. The third-order valence-electron chi connectivity index (χ3n) is 3.06. The Morgan fingerprint density at radius 2 is 1.89 bits per heavy atom. The lowest BCUT2D eigenvalue weighted by Crippen LogP contribution is -2.20. The van der Waals surface area contributed by atoms with Gasteiger partial charge in [-0.1, -0.05) is 46.3 Å². The number of halogens is 1. The van der Waals surface area contributed by atoms with Crippen LogP contribution in [0.2, 0.25) is 0 Å². The molecule has 3 heteroatoms. The van der Waals surface area contributed by atoms with Crippen molar-refractivity contribution in [2.24, 2.45) is 0 Å². The van der Waals surface area contributed by atoms with Crippen LogP contribution in [0.5, 0.6) is 5.75 Å². The molecule has 1 aliphatic heterocycles. The summed E-state index contributed by atoms with van der Waals surface area (Å²) in [6, 6.07) is 15.4. The van der Waals surface area contributed by atoms with E-state index in [4.69, 9.17) is 4.74 Å². The molecule has 2 nitrogen and oxygen atoms in total. The average Bonchev–Trinajstić information content (AvgIpc) is 2.39. The highest BCUT2D eigenvalue weighted by atomic mass is 79.9. The number of hydrogen-bond donors (Lipinski definition) is 0. The van der Waals surface area contributed by atoms with Gasteiger partial charge < -0.3 is 4.74 Å². The minimum atomic E-state index is -0.180. The van der Waals surface area contributed by atoms with Crippen molar-refractivity contribution in [3.8, 4) is 5.75 Å². The molecule has 0 spiro atoms. The van der Waals surface area contributed by atoms with Crippen LogP contribution in [0.25, 0.3) is 0 Å². The van der Waals surface area contributed by atoms with Crippen molar-refractivity contribution in [3.05, 3.63) is 64.1 Å². The molecule has 0 aromatic heterocycles. The molecule has 1 heterocycles. The van der Waals surface area contributed by atoms with E-state index >= 15 is 0 Å². The van der Waals surface area contributed by atoms with Crippen molar-refractivity contribution in [3.63, 3.8) is 0 Å². The number of benzene rings is 2. The minimum absolute atomic E-state index is 0.137. The van der Waals surface area contributed by atoms with Crippen molar-refractivity contribution < 1.29 is 9.53 Å². The zero-order valence-corrected chi connectivity index (χ0v) is 11.2. The minimum Gasteiger partial charge on any atom is -0.484 e. The summed E-state index contributed by atoms with van der Waals surface area (Å²) in [5.41, 5.74) is 1.71. The van der Waals surface area contributed by atoms with Gasteiger partial charge in [0.2, 0.25) is 0 Å². The Labute approximate surface area is 114 Å². The predicted molar refractivity (Wildman–Crippen MR) is 72.9 cm³/mol. The Morgan fingerprint density at radius 1 is 1.11 bits per heavy atom. The standard InChI is InChI=1S/C15H11BrO2/c16-11-6-7-12-13(17)9-14(18-15(12)8-11)10-4-2-1-3-5-10/h1-8,14H,9H2. The maximum Gasteiger partial charge on any atom is 0.170 e. The maximum atomic E-state index is 12.1. The van der Waals surface area contributed by atoms with Gasteiger partial charge in [-0.25, -0.2) is 0 Å². The van der Waals surface area contributed by atoms with E-state index in [0.717, 1.165) is 10.0 Å².